The lowest BCUT2D eigenvalue weighted by Crippen LogP contribution is -2.49. The van der Waals surface area contributed by atoms with Crippen LogP contribution in [0.1, 0.15) is 46.0 Å². The molecule has 1 saturated carbocycles. The standard InChI is InChI=1S/C13H22N2O3/c1-12(2)3-5-13(18,6-4-12)8-14-9-7-10(16)15-11(9)17/h9,14,18H,3-8H2,1-2H3,(H,15,16,17). The van der Waals surface area contributed by atoms with Gasteiger partial charge in [-0.3, -0.25) is 14.9 Å². The zero-order valence-electron chi connectivity index (χ0n) is 11.1. The van der Waals surface area contributed by atoms with E-state index in [9.17, 15) is 14.7 Å². The highest BCUT2D eigenvalue weighted by Crippen LogP contribution is 2.39. The van der Waals surface area contributed by atoms with E-state index in [0.29, 0.717) is 12.0 Å². The third-order valence-corrected chi connectivity index (χ3v) is 4.18. The van der Waals surface area contributed by atoms with Crippen LogP contribution >= 0.6 is 0 Å². The van der Waals surface area contributed by atoms with Gasteiger partial charge in [-0.15, -0.1) is 0 Å². The smallest absolute Gasteiger partial charge is 0.244 e. The van der Waals surface area contributed by atoms with Crippen molar-refractivity contribution in [3.63, 3.8) is 0 Å². The summed E-state index contributed by atoms with van der Waals surface area (Å²) in [4.78, 5) is 22.4. The largest absolute Gasteiger partial charge is 0.389 e. The van der Waals surface area contributed by atoms with Crippen LogP contribution in [0.25, 0.3) is 0 Å². The Balaban J connectivity index is 1.83. The normalized spacial score (nSPS) is 30.3. The summed E-state index contributed by atoms with van der Waals surface area (Å²) in [7, 11) is 0. The first-order chi connectivity index (χ1) is 8.30. The first kappa shape index (κ1) is 13.5. The van der Waals surface area contributed by atoms with Crippen LogP contribution in [-0.2, 0) is 9.59 Å². The van der Waals surface area contributed by atoms with Gasteiger partial charge in [0.1, 0.15) is 0 Å². The zero-order valence-corrected chi connectivity index (χ0v) is 11.1. The van der Waals surface area contributed by atoms with Gasteiger partial charge in [0.2, 0.25) is 11.8 Å². The number of aliphatic hydroxyl groups is 1. The van der Waals surface area contributed by atoms with E-state index in [1.807, 2.05) is 0 Å². The molecule has 1 saturated heterocycles. The zero-order chi connectivity index (χ0) is 13.4. The molecular formula is C13H22N2O3. The Kier molecular flexibility index (Phi) is 3.47. The Morgan fingerprint density at radius 1 is 1.28 bits per heavy atom. The molecule has 0 aromatic carbocycles. The van der Waals surface area contributed by atoms with E-state index in [0.717, 1.165) is 25.7 Å². The van der Waals surface area contributed by atoms with Crippen molar-refractivity contribution in [2.45, 2.75) is 57.6 Å². The Bertz CT molecular complexity index is 355. The molecule has 0 spiro atoms. The van der Waals surface area contributed by atoms with Crippen LogP contribution < -0.4 is 10.6 Å². The second-order valence-electron chi connectivity index (χ2n) is 6.44. The van der Waals surface area contributed by atoms with Gasteiger partial charge in [-0.2, -0.15) is 0 Å². The van der Waals surface area contributed by atoms with Gasteiger partial charge < -0.3 is 10.4 Å². The Morgan fingerprint density at radius 3 is 2.39 bits per heavy atom. The Morgan fingerprint density at radius 2 is 1.89 bits per heavy atom. The number of imide groups is 1. The summed E-state index contributed by atoms with van der Waals surface area (Å²) in [6.07, 6.45) is 3.65. The molecule has 102 valence electrons. The molecular weight excluding hydrogens is 232 g/mol. The first-order valence-electron chi connectivity index (χ1n) is 6.59. The van der Waals surface area contributed by atoms with Crippen molar-refractivity contribution < 1.29 is 14.7 Å². The summed E-state index contributed by atoms with van der Waals surface area (Å²) in [6.45, 7) is 4.81. The highest BCUT2D eigenvalue weighted by Gasteiger charge is 2.38. The molecule has 0 aromatic heterocycles. The average Bonchev–Trinajstić information content (AvgIpc) is 2.60. The number of hydrogen-bond acceptors (Lipinski definition) is 4. The average molecular weight is 254 g/mol. The highest BCUT2D eigenvalue weighted by molar-refractivity contribution is 6.05. The van der Waals surface area contributed by atoms with Crippen LogP contribution in [0.5, 0.6) is 0 Å². The van der Waals surface area contributed by atoms with Gasteiger partial charge in [0.15, 0.2) is 0 Å². The van der Waals surface area contributed by atoms with Gasteiger partial charge in [0.25, 0.3) is 0 Å². The van der Waals surface area contributed by atoms with Gasteiger partial charge in [0, 0.05) is 6.54 Å². The Labute approximate surface area is 107 Å². The quantitative estimate of drug-likeness (QED) is 0.634. The molecule has 1 heterocycles. The van der Waals surface area contributed by atoms with E-state index in [2.05, 4.69) is 24.5 Å². The molecule has 5 nitrogen and oxygen atoms in total. The summed E-state index contributed by atoms with van der Waals surface area (Å²) in [5.41, 5.74) is -0.436. The van der Waals surface area contributed by atoms with Crippen LogP contribution in [0.3, 0.4) is 0 Å². The van der Waals surface area contributed by atoms with Crippen LogP contribution in [0.15, 0.2) is 0 Å². The van der Waals surface area contributed by atoms with Crippen molar-refractivity contribution in [2.24, 2.45) is 5.41 Å². The van der Waals surface area contributed by atoms with Gasteiger partial charge in [0.05, 0.1) is 18.1 Å². The van der Waals surface area contributed by atoms with Crippen molar-refractivity contribution >= 4 is 11.8 Å². The second-order valence-corrected chi connectivity index (χ2v) is 6.44. The molecule has 1 atom stereocenters. The van der Waals surface area contributed by atoms with Crippen LogP contribution in [0.4, 0.5) is 0 Å². The lowest BCUT2D eigenvalue weighted by atomic mass is 9.71. The highest BCUT2D eigenvalue weighted by atomic mass is 16.3. The van der Waals surface area contributed by atoms with E-state index < -0.39 is 11.6 Å². The maximum atomic E-state index is 11.4. The van der Waals surface area contributed by atoms with Crippen LogP contribution in [0, 0.1) is 5.41 Å². The van der Waals surface area contributed by atoms with Gasteiger partial charge in [-0.1, -0.05) is 13.8 Å². The van der Waals surface area contributed by atoms with Crippen molar-refractivity contribution in [3.05, 3.63) is 0 Å². The molecule has 18 heavy (non-hydrogen) atoms. The SMILES string of the molecule is CC1(C)CCC(O)(CNC2CC(=O)NC2=O)CC1. The molecule has 0 aromatic rings. The molecule has 2 rings (SSSR count). The van der Waals surface area contributed by atoms with Gasteiger partial charge in [-0.25, -0.2) is 0 Å². The molecule has 2 aliphatic rings. The molecule has 5 heteroatoms. The van der Waals surface area contributed by atoms with Crippen molar-refractivity contribution in [3.8, 4) is 0 Å². The van der Waals surface area contributed by atoms with E-state index >= 15 is 0 Å². The minimum atomic E-state index is -0.735. The number of nitrogens with one attached hydrogen (secondary N) is 2. The first-order valence-corrected chi connectivity index (χ1v) is 6.59. The molecule has 0 bridgehead atoms. The minimum Gasteiger partial charge on any atom is -0.389 e. The molecule has 1 unspecified atom stereocenters. The minimum absolute atomic E-state index is 0.181. The van der Waals surface area contributed by atoms with E-state index in [1.165, 1.54) is 0 Å². The molecule has 2 fully saturated rings. The van der Waals surface area contributed by atoms with Crippen LogP contribution in [0.2, 0.25) is 0 Å². The van der Waals surface area contributed by atoms with Crippen molar-refractivity contribution in [1.82, 2.24) is 10.6 Å². The van der Waals surface area contributed by atoms with E-state index in [4.69, 9.17) is 0 Å². The fourth-order valence-corrected chi connectivity index (χ4v) is 2.60. The summed E-state index contributed by atoms with van der Waals surface area (Å²) in [5, 5.41) is 15.7. The molecule has 1 aliphatic carbocycles. The predicted molar refractivity (Wildman–Crippen MR) is 66.8 cm³/mol. The fraction of sp³-hybridized carbons (Fsp3) is 0.846. The van der Waals surface area contributed by atoms with Crippen molar-refractivity contribution in [1.29, 1.82) is 0 Å². The summed E-state index contributed by atoms with van der Waals surface area (Å²) < 4.78 is 0. The molecule has 0 radical (unpaired) electrons. The number of hydrogen-bond donors (Lipinski definition) is 3. The van der Waals surface area contributed by atoms with E-state index in [1.54, 1.807) is 0 Å². The molecule has 3 N–H and O–H groups in total. The molecule has 2 amide bonds. The molecule has 1 aliphatic heterocycles. The third-order valence-electron chi connectivity index (χ3n) is 4.18. The summed E-state index contributed by atoms with van der Waals surface area (Å²) >= 11 is 0. The number of carbonyl (C=O) groups excluding carboxylic acids is 2. The fourth-order valence-electron chi connectivity index (χ4n) is 2.60. The number of rotatable bonds is 3. The lowest BCUT2D eigenvalue weighted by Gasteiger charge is -2.40. The Hall–Kier alpha value is -0.940. The van der Waals surface area contributed by atoms with E-state index in [-0.39, 0.29) is 18.2 Å². The van der Waals surface area contributed by atoms with Crippen molar-refractivity contribution in [2.75, 3.05) is 6.54 Å². The van der Waals surface area contributed by atoms with Gasteiger partial charge >= 0.3 is 0 Å². The number of amides is 2. The lowest BCUT2D eigenvalue weighted by molar-refractivity contribution is -0.125. The predicted octanol–water partition coefficient (Wildman–Crippen LogP) is 0.322. The monoisotopic (exact) mass is 254 g/mol. The van der Waals surface area contributed by atoms with Crippen LogP contribution in [-0.4, -0.2) is 35.1 Å². The summed E-state index contributed by atoms with van der Waals surface area (Å²) in [6, 6.07) is -0.475. The van der Waals surface area contributed by atoms with Gasteiger partial charge in [-0.05, 0) is 31.1 Å². The maximum absolute atomic E-state index is 11.4. The maximum Gasteiger partial charge on any atom is 0.244 e. The summed E-state index contributed by atoms with van der Waals surface area (Å²) in [5.74, 6) is -0.519. The number of carbonyl (C=O) groups is 2. The topological polar surface area (TPSA) is 78.4 Å². The third kappa shape index (κ3) is 3.09. The second kappa shape index (κ2) is 4.63.